The van der Waals surface area contributed by atoms with E-state index in [4.69, 9.17) is 5.73 Å². The molecular weight excluding hydrogens is 334 g/mol. The maximum atomic E-state index is 14.4. The van der Waals surface area contributed by atoms with Gasteiger partial charge in [-0.2, -0.15) is 0 Å². The number of para-hydroxylation sites is 1. The Labute approximate surface area is 150 Å². The molecule has 26 heavy (non-hydrogen) atoms. The van der Waals surface area contributed by atoms with Crippen molar-refractivity contribution in [3.8, 4) is 11.3 Å². The fraction of sp³-hybridized carbons (Fsp3) is 0.300. The predicted octanol–water partition coefficient (Wildman–Crippen LogP) is 3.75. The molecule has 0 spiro atoms. The minimum atomic E-state index is -0.885. The number of fused-ring (bicyclic) bond motifs is 1. The summed E-state index contributed by atoms with van der Waals surface area (Å²) in [7, 11) is 0. The van der Waals surface area contributed by atoms with Gasteiger partial charge in [0.15, 0.2) is 11.6 Å². The normalized spacial score (nSPS) is 15.6. The maximum Gasteiger partial charge on any atom is 0.226 e. The van der Waals surface area contributed by atoms with Crippen LogP contribution in [0.4, 0.5) is 14.7 Å². The van der Waals surface area contributed by atoms with Crippen LogP contribution in [0.5, 0.6) is 0 Å². The number of rotatable bonds is 3. The van der Waals surface area contributed by atoms with Crippen LogP contribution in [0.15, 0.2) is 42.5 Å². The number of aromatic nitrogens is 2. The zero-order chi connectivity index (χ0) is 18.1. The molecule has 0 amide bonds. The molecular formula is C20H20F2N4. The minimum absolute atomic E-state index is 0.154. The van der Waals surface area contributed by atoms with Crippen LogP contribution < -0.4 is 10.6 Å². The first kappa shape index (κ1) is 16.8. The Kier molecular flexibility index (Phi) is 4.51. The molecule has 3 aromatic rings. The van der Waals surface area contributed by atoms with Crippen molar-refractivity contribution in [1.29, 1.82) is 0 Å². The molecule has 0 unspecified atom stereocenters. The fourth-order valence-corrected chi connectivity index (χ4v) is 3.47. The van der Waals surface area contributed by atoms with Crippen molar-refractivity contribution >= 4 is 16.9 Å². The van der Waals surface area contributed by atoms with Gasteiger partial charge < -0.3 is 10.6 Å². The zero-order valence-corrected chi connectivity index (χ0v) is 14.3. The largest absolute Gasteiger partial charge is 0.341 e. The summed E-state index contributed by atoms with van der Waals surface area (Å²) in [6, 6.07) is 11.6. The van der Waals surface area contributed by atoms with Crippen LogP contribution in [0.3, 0.4) is 0 Å². The highest BCUT2D eigenvalue weighted by molar-refractivity contribution is 5.93. The zero-order valence-electron chi connectivity index (χ0n) is 14.3. The van der Waals surface area contributed by atoms with E-state index in [-0.39, 0.29) is 5.56 Å². The third-order valence-corrected chi connectivity index (χ3v) is 5.03. The number of halogens is 2. The summed E-state index contributed by atoms with van der Waals surface area (Å²) in [6.07, 6.45) is 1.96. The topological polar surface area (TPSA) is 55.0 Å². The van der Waals surface area contributed by atoms with Crippen LogP contribution in [0.2, 0.25) is 0 Å². The second kappa shape index (κ2) is 6.96. The van der Waals surface area contributed by atoms with E-state index in [2.05, 4.69) is 14.9 Å². The molecule has 1 aliphatic heterocycles. The smallest absolute Gasteiger partial charge is 0.226 e. The van der Waals surface area contributed by atoms with Gasteiger partial charge in [0.1, 0.15) is 0 Å². The Hall–Kier alpha value is -2.60. The van der Waals surface area contributed by atoms with E-state index < -0.39 is 11.6 Å². The highest BCUT2D eigenvalue weighted by Crippen LogP contribution is 2.31. The van der Waals surface area contributed by atoms with Gasteiger partial charge in [0.2, 0.25) is 5.95 Å². The fourth-order valence-electron chi connectivity index (χ4n) is 3.47. The van der Waals surface area contributed by atoms with Gasteiger partial charge in [0.25, 0.3) is 0 Å². The molecule has 4 nitrogen and oxygen atoms in total. The van der Waals surface area contributed by atoms with Crippen LogP contribution in [-0.4, -0.2) is 29.6 Å². The number of anilines is 1. The van der Waals surface area contributed by atoms with E-state index in [0.29, 0.717) is 29.5 Å². The lowest BCUT2D eigenvalue weighted by atomic mass is 9.97. The van der Waals surface area contributed by atoms with Crippen molar-refractivity contribution in [3.63, 3.8) is 0 Å². The van der Waals surface area contributed by atoms with E-state index in [1.54, 1.807) is 6.07 Å². The Morgan fingerprint density at radius 3 is 2.54 bits per heavy atom. The van der Waals surface area contributed by atoms with Crippen molar-refractivity contribution in [2.45, 2.75) is 12.8 Å². The SMILES string of the molecule is NCC1CCN(c2nc(-c3cccc(F)c3F)c3ccccc3n2)CC1. The van der Waals surface area contributed by atoms with Crippen LogP contribution in [0.1, 0.15) is 12.8 Å². The van der Waals surface area contributed by atoms with Gasteiger partial charge in [-0.1, -0.05) is 24.3 Å². The summed E-state index contributed by atoms with van der Waals surface area (Å²) in [5, 5.41) is 0.706. The first-order valence-electron chi connectivity index (χ1n) is 8.83. The molecule has 0 bridgehead atoms. The average molecular weight is 354 g/mol. The summed E-state index contributed by atoms with van der Waals surface area (Å²) in [5.74, 6) is -0.690. The van der Waals surface area contributed by atoms with E-state index in [9.17, 15) is 8.78 Å². The predicted molar refractivity (Wildman–Crippen MR) is 98.9 cm³/mol. The van der Waals surface area contributed by atoms with E-state index >= 15 is 0 Å². The number of nitrogens with zero attached hydrogens (tertiary/aromatic N) is 3. The summed E-state index contributed by atoms with van der Waals surface area (Å²) in [6.45, 7) is 2.31. The summed E-state index contributed by atoms with van der Waals surface area (Å²) >= 11 is 0. The molecule has 1 aromatic heterocycles. The van der Waals surface area contributed by atoms with Gasteiger partial charge >= 0.3 is 0 Å². The Bertz CT molecular complexity index is 936. The summed E-state index contributed by atoms with van der Waals surface area (Å²) < 4.78 is 28.2. The molecule has 0 saturated carbocycles. The molecule has 0 aliphatic carbocycles. The molecule has 134 valence electrons. The van der Waals surface area contributed by atoms with E-state index in [0.717, 1.165) is 37.5 Å². The molecule has 1 fully saturated rings. The molecule has 0 atom stereocenters. The monoisotopic (exact) mass is 354 g/mol. The quantitative estimate of drug-likeness (QED) is 0.778. The molecule has 2 heterocycles. The third kappa shape index (κ3) is 3.01. The average Bonchev–Trinajstić information content (AvgIpc) is 2.69. The second-order valence-electron chi connectivity index (χ2n) is 6.66. The number of hydrogen-bond donors (Lipinski definition) is 1. The van der Waals surface area contributed by atoms with Crippen molar-refractivity contribution in [2.75, 3.05) is 24.5 Å². The lowest BCUT2D eigenvalue weighted by Crippen LogP contribution is -2.37. The Morgan fingerprint density at radius 1 is 1.00 bits per heavy atom. The van der Waals surface area contributed by atoms with Crippen LogP contribution in [-0.2, 0) is 0 Å². The first-order valence-corrected chi connectivity index (χ1v) is 8.83. The molecule has 6 heteroatoms. The number of benzene rings is 2. The Balaban J connectivity index is 1.83. The van der Waals surface area contributed by atoms with Gasteiger partial charge in [0, 0.05) is 24.0 Å². The van der Waals surface area contributed by atoms with Crippen molar-refractivity contribution < 1.29 is 8.78 Å². The lowest BCUT2D eigenvalue weighted by Gasteiger charge is -2.31. The Morgan fingerprint density at radius 2 is 1.77 bits per heavy atom. The standard InChI is InChI=1S/C20H20F2N4/c21-16-6-3-5-15(18(16)22)19-14-4-1-2-7-17(14)24-20(25-19)26-10-8-13(12-23)9-11-26/h1-7,13H,8-12,23H2. The van der Waals surface area contributed by atoms with Gasteiger partial charge in [-0.25, -0.2) is 18.7 Å². The van der Waals surface area contributed by atoms with Gasteiger partial charge in [0.05, 0.1) is 11.2 Å². The second-order valence-corrected chi connectivity index (χ2v) is 6.66. The van der Waals surface area contributed by atoms with Crippen molar-refractivity contribution in [2.24, 2.45) is 11.7 Å². The first-order chi connectivity index (χ1) is 12.7. The summed E-state index contributed by atoms with van der Waals surface area (Å²) in [4.78, 5) is 11.4. The molecule has 2 aromatic carbocycles. The number of nitrogens with two attached hydrogens (primary N) is 1. The van der Waals surface area contributed by atoms with Crippen LogP contribution >= 0.6 is 0 Å². The molecule has 0 radical (unpaired) electrons. The van der Waals surface area contributed by atoms with Gasteiger partial charge in [-0.3, -0.25) is 0 Å². The van der Waals surface area contributed by atoms with Crippen molar-refractivity contribution in [1.82, 2.24) is 9.97 Å². The van der Waals surface area contributed by atoms with E-state index in [1.165, 1.54) is 6.07 Å². The third-order valence-electron chi connectivity index (χ3n) is 5.03. The molecule has 1 saturated heterocycles. The van der Waals surface area contributed by atoms with Crippen LogP contribution in [0.25, 0.3) is 22.2 Å². The number of piperidine rings is 1. The highest BCUT2D eigenvalue weighted by Gasteiger charge is 2.22. The summed E-state index contributed by atoms with van der Waals surface area (Å²) in [5.41, 5.74) is 7.06. The van der Waals surface area contributed by atoms with Gasteiger partial charge in [-0.15, -0.1) is 0 Å². The van der Waals surface area contributed by atoms with Gasteiger partial charge in [-0.05, 0) is 43.5 Å². The molecule has 1 aliphatic rings. The lowest BCUT2D eigenvalue weighted by molar-refractivity contribution is 0.411. The minimum Gasteiger partial charge on any atom is -0.341 e. The highest BCUT2D eigenvalue weighted by atomic mass is 19.2. The van der Waals surface area contributed by atoms with E-state index in [1.807, 2.05) is 24.3 Å². The van der Waals surface area contributed by atoms with Crippen molar-refractivity contribution in [3.05, 3.63) is 54.1 Å². The molecule has 2 N–H and O–H groups in total. The number of hydrogen-bond acceptors (Lipinski definition) is 4. The van der Waals surface area contributed by atoms with Crippen LogP contribution in [0, 0.1) is 17.6 Å². The maximum absolute atomic E-state index is 14.4. The molecule has 4 rings (SSSR count).